The Morgan fingerprint density at radius 3 is 2.36 bits per heavy atom. The van der Waals surface area contributed by atoms with Crippen LogP contribution in [0.2, 0.25) is 0 Å². The van der Waals surface area contributed by atoms with E-state index < -0.39 is 10.0 Å². The maximum Gasteiger partial charge on any atom is 0.231 e. The highest BCUT2D eigenvalue weighted by Gasteiger charge is 2.10. The van der Waals surface area contributed by atoms with Crippen LogP contribution in [0.3, 0.4) is 0 Å². The summed E-state index contributed by atoms with van der Waals surface area (Å²) < 4.78 is 22.0. The molecule has 0 unspecified atom stereocenters. The molecule has 2 aromatic carbocycles. The van der Waals surface area contributed by atoms with E-state index in [0.717, 1.165) is 16.5 Å². The van der Waals surface area contributed by atoms with Gasteiger partial charge in [-0.2, -0.15) is 0 Å². The fourth-order valence-electron chi connectivity index (χ4n) is 2.14. The van der Waals surface area contributed by atoms with Gasteiger partial charge in [0.15, 0.2) is 5.78 Å². The molecular formula is C17H17NO3S. The predicted octanol–water partition coefficient (Wildman–Crippen LogP) is 2.74. The molecule has 0 bridgehead atoms. The second kappa shape index (κ2) is 6.68. The monoisotopic (exact) mass is 315 g/mol. The number of hydrogen-bond donors (Lipinski definition) is 1. The van der Waals surface area contributed by atoms with Crippen molar-refractivity contribution in [2.45, 2.75) is 13.3 Å². The van der Waals surface area contributed by atoms with Gasteiger partial charge in [0.05, 0.1) is 0 Å². The molecule has 0 atom stereocenters. The van der Waals surface area contributed by atoms with E-state index in [4.69, 9.17) is 5.14 Å². The van der Waals surface area contributed by atoms with Crippen LogP contribution in [0.5, 0.6) is 0 Å². The number of carbonyl (C=O) groups excluding carboxylic acids is 1. The van der Waals surface area contributed by atoms with Gasteiger partial charge in [-0.05, 0) is 29.7 Å². The Labute approximate surface area is 130 Å². The van der Waals surface area contributed by atoms with Gasteiger partial charge >= 0.3 is 0 Å². The first-order chi connectivity index (χ1) is 10.4. The Morgan fingerprint density at radius 1 is 1.09 bits per heavy atom. The van der Waals surface area contributed by atoms with Gasteiger partial charge in [-0.25, -0.2) is 13.6 Å². The highest BCUT2D eigenvalue weighted by molar-refractivity contribution is 7.92. The summed E-state index contributed by atoms with van der Waals surface area (Å²) in [6.45, 7) is 1.94. The molecule has 0 aromatic heterocycles. The molecule has 5 heteroatoms. The van der Waals surface area contributed by atoms with E-state index in [1.165, 1.54) is 6.08 Å². The highest BCUT2D eigenvalue weighted by atomic mass is 32.2. The molecule has 0 aliphatic heterocycles. The van der Waals surface area contributed by atoms with Crippen molar-refractivity contribution in [1.29, 1.82) is 0 Å². The molecule has 2 N–H and O–H groups in total. The second-order valence-corrected chi connectivity index (χ2v) is 6.30. The zero-order chi connectivity index (χ0) is 16.2. The van der Waals surface area contributed by atoms with Crippen LogP contribution in [-0.4, -0.2) is 14.2 Å². The minimum absolute atomic E-state index is 0.0581. The van der Waals surface area contributed by atoms with Crippen LogP contribution < -0.4 is 5.14 Å². The maximum atomic E-state index is 12.4. The number of nitrogens with two attached hydrogens (primary N) is 1. The van der Waals surface area contributed by atoms with Crippen LogP contribution in [0.25, 0.3) is 6.08 Å². The van der Waals surface area contributed by atoms with Gasteiger partial charge in [0.1, 0.15) is 0 Å². The first-order valence-corrected chi connectivity index (χ1v) is 8.45. The summed E-state index contributed by atoms with van der Waals surface area (Å²) in [7, 11) is -3.66. The van der Waals surface area contributed by atoms with Gasteiger partial charge in [-0.15, -0.1) is 0 Å². The SMILES string of the molecule is CCc1cc(C(=O)c2ccccc2)ccc1/C=C/S(N)(=O)=O. The molecule has 0 saturated heterocycles. The van der Waals surface area contributed by atoms with Crippen molar-refractivity contribution in [3.8, 4) is 0 Å². The average molecular weight is 315 g/mol. The Morgan fingerprint density at radius 2 is 1.77 bits per heavy atom. The van der Waals surface area contributed by atoms with Crippen molar-refractivity contribution in [2.24, 2.45) is 5.14 Å². The van der Waals surface area contributed by atoms with E-state index in [0.29, 0.717) is 17.5 Å². The highest BCUT2D eigenvalue weighted by Crippen LogP contribution is 2.18. The normalized spacial score (nSPS) is 11.7. The molecule has 22 heavy (non-hydrogen) atoms. The molecule has 0 fully saturated rings. The average Bonchev–Trinajstić information content (AvgIpc) is 2.52. The molecule has 0 heterocycles. The number of ketones is 1. The van der Waals surface area contributed by atoms with E-state index in [-0.39, 0.29) is 5.78 Å². The maximum absolute atomic E-state index is 12.4. The Hall–Kier alpha value is -2.24. The number of carbonyl (C=O) groups is 1. The third-order valence-electron chi connectivity index (χ3n) is 3.26. The Kier molecular flexibility index (Phi) is 4.90. The van der Waals surface area contributed by atoms with E-state index in [9.17, 15) is 13.2 Å². The fourth-order valence-corrected chi connectivity index (χ4v) is 2.48. The third-order valence-corrected chi connectivity index (χ3v) is 3.77. The number of hydrogen-bond acceptors (Lipinski definition) is 3. The molecule has 0 saturated carbocycles. The van der Waals surface area contributed by atoms with Crippen LogP contribution in [0, 0.1) is 0 Å². The largest absolute Gasteiger partial charge is 0.289 e. The standard InChI is InChI=1S/C17H17NO3S/c1-2-13-12-16(17(19)15-6-4-3-5-7-15)9-8-14(13)10-11-22(18,20)21/h3-12H,2H2,1H3,(H2,18,20,21)/b11-10+. The molecule has 0 amide bonds. The van der Waals surface area contributed by atoms with Crippen molar-refractivity contribution in [2.75, 3.05) is 0 Å². The van der Waals surface area contributed by atoms with Crippen molar-refractivity contribution >= 4 is 21.9 Å². The van der Waals surface area contributed by atoms with Gasteiger partial charge in [-0.1, -0.05) is 49.4 Å². The van der Waals surface area contributed by atoms with Crippen LogP contribution in [0.4, 0.5) is 0 Å². The number of rotatable bonds is 5. The molecule has 114 valence electrons. The van der Waals surface area contributed by atoms with Crippen molar-refractivity contribution < 1.29 is 13.2 Å². The smallest absolute Gasteiger partial charge is 0.231 e. The summed E-state index contributed by atoms with van der Waals surface area (Å²) in [6, 6.07) is 14.2. The van der Waals surface area contributed by atoms with E-state index in [2.05, 4.69) is 0 Å². The molecule has 0 aliphatic carbocycles. The third kappa shape index (κ3) is 4.13. The van der Waals surface area contributed by atoms with Gasteiger partial charge < -0.3 is 0 Å². The lowest BCUT2D eigenvalue weighted by Gasteiger charge is -2.07. The molecule has 2 rings (SSSR count). The topological polar surface area (TPSA) is 77.2 Å². The van der Waals surface area contributed by atoms with Crippen LogP contribution in [0.15, 0.2) is 53.9 Å². The lowest BCUT2D eigenvalue weighted by Crippen LogP contribution is -2.07. The van der Waals surface area contributed by atoms with E-state index >= 15 is 0 Å². The van der Waals surface area contributed by atoms with E-state index in [1.807, 2.05) is 25.1 Å². The molecule has 2 aromatic rings. The molecular weight excluding hydrogens is 298 g/mol. The Balaban J connectivity index is 2.37. The number of benzene rings is 2. The van der Waals surface area contributed by atoms with Crippen molar-refractivity contribution in [1.82, 2.24) is 0 Å². The van der Waals surface area contributed by atoms with Crippen molar-refractivity contribution in [3.63, 3.8) is 0 Å². The minimum Gasteiger partial charge on any atom is -0.289 e. The fraction of sp³-hybridized carbons (Fsp3) is 0.118. The molecule has 0 aliphatic rings. The number of primary sulfonamides is 1. The van der Waals surface area contributed by atoms with Crippen LogP contribution >= 0.6 is 0 Å². The van der Waals surface area contributed by atoms with Gasteiger partial charge in [0.2, 0.25) is 10.0 Å². The van der Waals surface area contributed by atoms with Gasteiger partial charge in [0, 0.05) is 16.5 Å². The summed E-state index contributed by atoms with van der Waals surface area (Å²) in [5.41, 5.74) is 2.83. The zero-order valence-electron chi connectivity index (χ0n) is 12.2. The van der Waals surface area contributed by atoms with E-state index in [1.54, 1.807) is 30.3 Å². The predicted molar refractivity (Wildman–Crippen MR) is 87.8 cm³/mol. The first-order valence-electron chi connectivity index (χ1n) is 6.84. The lowest BCUT2D eigenvalue weighted by molar-refractivity contribution is 0.103. The summed E-state index contributed by atoms with van der Waals surface area (Å²) in [6.07, 6.45) is 2.13. The quantitative estimate of drug-likeness (QED) is 0.862. The minimum atomic E-state index is -3.66. The summed E-state index contributed by atoms with van der Waals surface area (Å²) >= 11 is 0. The van der Waals surface area contributed by atoms with Crippen LogP contribution in [0.1, 0.15) is 34.0 Å². The number of aryl methyl sites for hydroxylation is 1. The van der Waals surface area contributed by atoms with Crippen molar-refractivity contribution in [3.05, 3.63) is 76.2 Å². The molecule has 0 spiro atoms. The summed E-state index contributed by atoms with van der Waals surface area (Å²) in [5, 5.41) is 5.92. The van der Waals surface area contributed by atoms with Gasteiger partial charge in [0.25, 0.3) is 0 Å². The lowest BCUT2D eigenvalue weighted by atomic mass is 9.97. The summed E-state index contributed by atoms with van der Waals surface area (Å²) in [5.74, 6) is -0.0581. The Bertz CT molecular complexity index is 809. The first kappa shape index (κ1) is 16.1. The zero-order valence-corrected chi connectivity index (χ0v) is 13.0. The second-order valence-electron chi connectivity index (χ2n) is 4.85. The molecule has 4 nitrogen and oxygen atoms in total. The molecule has 0 radical (unpaired) electrons. The van der Waals surface area contributed by atoms with Gasteiger partial charge in [-0.3, -0.25) is 4.79 Å². The summed E-state index contributed by atoms with van der Waals surface area (Å²) in [4.78, 5) is 12.4. The number of sulfonamides is 1. The van der Waals surface area contributed by atoms with Crippen LogP contribution in [-0.2, 0) is 16.4 Å².